The van der Waals surface area contributed by atoms with Crippen molar-refractivity contribution >= 4 is 17.5 Å². The van der Waals surface area contributed by atoms with E-state index in [1.54, 1.807) is 12.1 Å². The third kappa shape index (κ3) is 4.14. The number of piperidine rings is 1. The molecule has 1 atom stereocenters. The van der Waals surface area contributed by atoms with Crippen LogP contribution in [0.25, 0.3) is 11.5 Å². The molecule has 2 aliphatic heterocycles. The second-order valence-electron chi connectivity index (χ2n) is 7.79. The summed E-state index contributed by atoms with van der Waals surface area (Å²) in [5.74, 6) is 2.81. The number of oxazole rings is 1. The summed E-state index contributed by atoms with van der Waals surface area (Å²) in [4.78, 5) is 21.7. The Labute approximate surface area is 181 Å². The van der Waals surface area contributed by atoms with Gasteiger partial charge in [0.1, 0.15) is 5.76 Å². The first kappa shape index (κ1) is 21.0. The lowest BCUT2D eigenvalue weighted by atomic mass is 9.96. The number of ether oxygens (including phenoxy) is 2. The van der Waals surface area contributed by atoms with Crippen LogP contribution in [0.2, 0.25) is 5.02 Å². The number of rotatable bonds is 6. The van der Waals surface area contributed by atoms with Crippen molar-refractivity contribution in [1.82, 2.24) is 14.8 Å². The number of likely N-dealkylation sites (tertiary alicyclic amines) is 1. The van der Waals surface area contributed by atoms with E-state index < -0.39 is 0 Å². The van der Waals surface area contributed by atoms with Crippen molar-refractivity contribution in [3.63, 3.8) is 0 Å². The van der Waals surface area contributed by atoms with Gasteiger partial charge in [0.05, 0.1) is 22.2 Å². The van der Waals surface area contributed by atoms with Crippen LogP contribution >= 0.6 is 11.6 Å². The number of benzene rings is 1. The number of carbonyl (C=O) groups is 1. The van der Waals surface area contributed by atoms with Gasteiger partial charge in [-0.2, -0.15) is 0 Å². The Hall–Kier alpha value is -2.25. The van der Waals surface area contributed by atoms with E-state index in [0.717, 1.165) is 50.5 Å². The number of carbonyl (C=O) groups excluding carboxylic acids is 1. The molecule has 1 saturated heterocycles. The minimum absolute atomic E-state index is 0.0497. The smallest absolute Gasteiger partial charge is 0.231 e. The van der Waals surface area contributed by atoms with Crippen LogP contribution in [0.4, 0.5) is 0 Å². The van der Waals surface area contributed by atoms with E-state index in [0.29, 0.717) is 34.5 Å². The number of hydrogen-bond donors (Lipinski definition) is 0. The lowest BCUT2D eigenvalue weighted by molar-refractivity contribution is -0.137. The molecular formula is C22H28ClN3O4. The van der Waals surface area contributed by atoms with Gasteiger partial charge in [-0.3, -0.25) is 9.69 Å². The first-order valence-corrected chi connectivity index (χ1v) is 10.9. The Kier molecular flexibility index (Phi) is 6.20. The number of fused-ring (bicyclic) bond motifs is 1. The Morgan fingerprint density at radius 3 is 2.73 bits per heavy atom. The highest BCUT2D eigenvalue weighted by Crippen LogP contribution is 2.41. The molecule has 2 aromatic rings. The Balaban J connectivity index is 1.48. The highest BCUT2D eigenvalue weighted by atomic mass is 35.5. The van der Waals surface area contributed by atoms with E-state index in [9.17, 15) is 4.79 Å². The third-order valence-corrected chi connectivity index (χ3v) is 6.20. The van der Waals surface area contributed by atoms with Gasteiger partial charge < -0.3 is 18.8 Å². The zero-order valence-electron chi connectivity index (χ0n) is 17.7. The van der Waals surface area contributed by atoms with E-state index in [2.05, 4.69) is 4.90 Å². The first-order chi connectivity index (χ1) is 14.5. The van der Waals surface area contributed by atoms with Crippen molar-refractivity contribution in [3.05, 3.63) is 28.6 Å². The number of aryl methyl sites for hydroxylation is 1. The summed E-state index contributed by atoms with van der Waals surface area (Å²) >= 11 is 6.42. The molecule has 7 nitrogen and oxygen atoms in total. The Morgan fingerprint density at radius 2 is 2.00 bits per heavy atom. The van der Waals surface area contributed by atoms with Crippen molar-refractivity contribution in [3.8, 4) is 23.0 Å². The predicted molar refractivity (Wildman–Crippen MR) is 114 cm³/mol. The normalized spacial score (nSPS) is 18.6. The number of amides is 1. The van der Waals surface area contributed by atoms with E-state index in [1.165, 1.54) is 0 Å². The summed E-state index contributed by atoms with van der Waals surface area (Å²) in [5.41, 5.74) is 1.55. The second kappa shape index (κ2) is 8.86. The van der Waals surface area contributed by atoms with Gasteiger partial charge >= 0.3 is 0 Å². The molecule has 0 spiro atoms. The molecule has 0 aliphatic carbocycles. The molecule has 0 radical (unpaired) electrons. The van der Waals surface area contributed by atoms with Gasteiger partial charge in [-0.1, -0.05) is 11.6 Å². The maximum atomic E-state index is 12.8. The van der Waals surface area contributed by atoms with E-state index in [-0.39, 0.29) is 18.6 Å². The van der Waals surface area contributed by atoms with Crippen LogP contribution in [0.1, 0.15) is 38.1 Å². The average Bonchev–Trinajstić information content (AvgIpc) is 3.34. The van der Waals surface area contributed by atoms with Crippen LogP contribution in [-0.4, -0.2) is 53.7 Å². The summed E-state index contributed by atoms with van der Waals surface area (Å²) < 4.78 is 16.8. The summed E-state index contributed by atoms with van der Waals surface area (Å²) in [5, 5.41) is 0.509. The molecule has 1 fully saturated rings. The maximum absolute atomic E-state index is 12.8. The topological polar surface area (TPSA) is 68.0 Å². The summed E-state index contributed by atoms with van der Waals surface area (Å²) in [6.45, 7) is 10.0. The van der Waals surface area contributed by atoms with Gasteiger partial charge in [0, 0.05) is 32.2 Å². The molecule has 1 aromatic heterocycles. The highest BCUT2D eigenvalue weighted by molar-refractivity contribution is 6.33. The first-order valence-electron chi connectivity index (χ1n) is 10.6. The molecule has 0 N–H and O–H groups in total. The molecule has 0 bridgehead atoms. The second-order valence-corrected chi connectivity index (χ2v) is 8.20. The van der Waals surface area contributed by atoms with Gasteiger partial charge in [-0.25, -0.2) is 4.98 Å². The molecule has 1 aromatic carbocycles. The van der Waals surface area contributed by atoms with Crippen LogP contribution in [0.15, 0.2) is 16.5 Å². The zero-order valence-corrected chi connectivity index (χ0v) is 18.5. The number of halogens is 1. The molecule has 4 rings (SSSR count). The number of aromatic nitrogens is 1. The van der Waals surface area contributed by atoms with Crippen molar-refractivity contribution in [2.24, 2.45) is 5.92 Å². The van der Waals surface area contributed by atoms with Gasteiger partial charge in [0.15, 0.2) is 11.5 Å². The molecule has 162 valence electrons. The lowest BCUT2D eigenvalue weighted by Gasteiger charge is -2.34. The molecular weight excluding hydrogens is 406 g/mol. The number of nitrogens with zero attached hydrogens (tertiary/aromatic N) is 3. The van der Waals surface area contributed by atoms with Gasteiger partial charge in [0.2, 0.25) is 18.6 Å². The fourth-order valence-corrected chi connectivity index (χ4v) is 4.41. The van der Waals surface area contributed by atoms with E-state index >= 15 is 0 Å². The summed E-state index contributed by atoms with van der Waals surface area (Å²) in [6.07, 6.45) is 1.96. The van der Waals surface area contributed by atoms with Crippen molar-refractivity contribution in [1.29, 1.82) is 0 Å². The fourth-order valence-electron chi connectivity index (χ4n) is 4.18. The quantitative estimate of drug-likeness (QED) is 0.682. The minimum atomic E-state index is 0.0497. The van der Waals surface area contributed by atoms with E-state index in [1.807, 2.05) is 25.7 Å². The van der Waals surface area contributed by atoms with Gasteiger partial charge in [0.25, 0.3) is 0 Å². The van der Waals surface area contributed by atoms with Gasteiger partial charge in [-0.05, 0) is 46.2 Å². The molecule has 8 heteroatoms. The number of hydrogen-bond acceptors (Lipinski definition) is 6. The lowest BCUT2D eigenvalue weighted by Crippen LogP contribution is -2.44. The molecule has 1 unspecified atom stereocenters. The SMILES string of the molecule is CCN(CC)C(=O)C1CCCN(Cc2nc(-c3cc4c(cc3Cl)OCO4)oc2C)C1. The van der Waals surface area contributed by atoms with Crippen LogP contribution in [0, 0.1) is 12.8 Å². The third-order valence-electron chi connectivity index (χ3n) is 5.89. The maximum Gasteiger partial charge on any atom is 0.231 e. The highest BCUT2D eigenvalue weighted by Gasteiger charge is 2.29. The largest absolute Gasteiger partial charge is 0.454 e. The van der Waals surface area contributed by atoms with Crippen LogP contribution in [0.5, 0.6) is 11.5 Å². The zero-order chi connectivity index (χ0) is 21.3. The molecule has 30 heavy (non-hydrogen) atoms. The average molecular weight is 434 g/mol. The molecule has 1 amide bonds. The van der Waals surface area contributed by atoms with Crippen molar-refractivity contribution in [2.45, 2.75) is 40.2 Å². The fraction of sp³-hybridized carbons (Fsp3) is 0.545. The molecule has 2 aliphatic rings. The van der Waals surface area contributed by atoms with Crippen LogP contribution in [0.3, 0.4) is 0 Å². The Morgan fingerprint density at radius 1 is 1.27 bits per heavy atom. The van der Waals surface area contributed by atoms with Crippen molar-refractivity contribution in [2.75, 3.05) is 33.0 Å². The minimum Gasteiger partial charge on any atom is -0.454 e. The van der Waals surface area contributed by atoms with Crippen molar-refractivity contribution < 1.29 is 18.7 Å². The molecule has 3 heterocycles. The van der Waals surface area contributed by atoms with Gasteiger partial charge in [-0.15, -0.1) is 0 Å². The Bertz CT molecular complexity index is 925. The summed E-state index contributed by atoms with van der Waals surface area (Å²) in [7, 11) is 0. The molecule has 0 saturated carbocycles. The van der Waals surface area contributed by atoms with Crippen LogP contribution in [-0.2, 0) is 11.3 Å². The van der Waals surface area contributed by atoms with E-state index in [4.69, 9.17) is 30.5 Å². The monoisotopic (exact) mass is 433 g/mol. The predicted octanol–water partition coefficient (Wildman–Crippen LogP) is 4.11. The van der Waals surface area contributed by atoms with Crippen LogP contribution < -0.4 is 9.47 Å². The standard InChI is InChI=1S/C22H28ClN3O4/c1-4-26(5-2)22(27)15-7-6-8-25(11-15)12-18-14(3)30-21(24-18)16-9-19-20(10-17(16)23)29-13-28-19/h9-10,15H,4-8,11-13H2,1-3H3. The summed E-state index contributed by atoms with van der Waals surface area (Å²) in [6, 6.07) is 3.53.